The normalized spacial score (nSPS) is 11.6. The zero-order valence-corrected chi connectivity index (χ0v) is 14.1. The zero-order chi connectivity index (χ0) is 19.4. The van der Waals surface area contributed by atoms with Gasteiger partial charge in [0.1, 0.15) is 28.7 Å². The molecule has 7 nitrogen and oxygen atoms in total. The van der Waals surface area contributed by atoms with Crippen LogP contribution >= 0.6 is 0 Å². The van der Waals surface area contributed by atoms with E-state index in [2.05, 4.69) is 16.8 Å². The summed E-state index contributed by atoms with van der Waals surface area (Å²) >= 11 is 0. The molecule has 2 aromatic heterocycles. The van der Waals surface area contributed by atoms with Gasteiger partial charge in [0.25, 0.3) is 5.91 Å². The molecule has 5 N–H and O–H groups in total. The van der Waals surface area contributed by atoms with Crippen LogP contribution < -0.4 is 11.5 Å². The van der Waals surface area contributed by atoms with E-state index in [1.807, 2.05) is 12.1 Å². The number of benzene rings is 1. The van der Waals surface area contributed by atoms with Crippen molar-refractivity contribution in [3.63, 3.8) is 0 Å². The number of carbonyl (C=O) groups is 1. The van der Waals surface area contributed by atoms with Gasteiger partial charge in [-0.25, -0.2) is 9.37 Å². The summed E-state index contributed by atoms with van der Waals surface area (Å²) in [7, 11) is 0. The Morgan fingerprint density at radius 3 is 2.63 bits per heavy atom. The molecule has 0 spiro atoms. The fourth-order valence-electron chi connectivity index (χ4n) is 2.43. The lowest BCUT2D eigenvalue weighted by Crippen LogP contribution is -2.41. The van der Waals surface area contributed by atoms with Gasteiger partial charge in [-0.15, -0.1) is 0 Å². The third-order valence-electron chi connectivity index (χ3n) is 3.70. The summed E-state index contributed by atoms with van der Waals surface area (Å²) in [6, 6.07) is 11.2. The minimum absolute atomic E-state index is 0.109. The van der Waals surface area contributed by atoms with Crippen molar-refractivity contribution in [2.24, 2.45) is 11.5 Å². The summed E-state index contributed by atoms with van der Waals surface area (Å²) in [6.07, 6.45) is 0.449. The molecule has 0 saturated carbocycles. The van der Waals surface area contributed by atoms with Crippen LogP contribution in [0.5, 0.6) is 0 Å². The van der Waals surface area contributed by atoms with Gasteiger partial charge in [-0.05, 0) is 42.3 Å². The molecule has 1 unspecified atom stereocenters. The van der Waals surface area contributed by atoms with Gasteiger partial charge >= 0.3 is 0 Å². The summed E-state index contributed by atoms with van der Waals surface area (Å²) in [5.41, 5.74) is 12.8. The number of nitrogens with zero attached hydrogens (tertiary/aromatic N) is 2. The molecule has 0 aliphatic rings. The van der Waals surface area contributed by atoms with E-state index in [0.717, 1.165) is 0 Å². The lowest BCUT2D eigenvalue weighted by atomic mass is 10.2. The maximum Gasteiger partial charge on any atom is 0.254 e. The van der Waals surface area contributed by atoms with Crippen LogP contribution in [-0.4, -0.2) is 27.2 Å². The average Bonchev–Trinajstić information content (AvgIpc) is 2.98. The first kappa shape index (κ1) is 18.1. The highest BCUT2D eigenvalue weighted by Gasteiger charge is 2.21. The second-order valence-corrected chi connectivity index (χ2v) is 5.64. The van der Waals surface area contributed by atoms with Crippen LogP contribution in [0.1, 0.15) is 17.0 Å². The first-order valence-corrected chi connectivity index (χ1v) is 7.94. The Hall–Kier alpha value is -3.70. The molecule has 2 heterocycles. The monoisotopic (exact) mass is 365 g/mol. The summed E-state index contributed by atoms with van der Waals surface area (Å²) in [4.78, 5) is 15.8. The number of hydrogen-bond acceptors (Lipinski definition) is 4. The fourth-order valence-corrected chi connectivity index (χ4v) is 2.43. The Morgan fingerprint density at radius 2 is 1.96 bits per heavy atom. The van der Waals surface area contributed by atoms with E-state index in [-0.39, 0.29) is 12.4 Å². The number of aromatic nitrogens is 2. The van der Waals surface area contributed by atoms with Crippen molar-refractivity contribution in [3.8, 4) is 11.8 Å². The van der Waals surface area contributed by atoms with Crippen LogP contribution in [0.3, 0.4) is 0 Å². The van der Waals surface area contributed by atoms with Gasteiger partial charge in [0.15, 0.2) is 6.10 Å². The number of amides is 1. The SMILES string of the molecule is N=C(N)C(OCc1nc2ccccn2c1C#Cc1ccc(F)cc1)C(N)=O. The molecule has 8 heteroatoms. The van der Waals surface area contributed by atoms with Crippen LogP contribution in [0.4, 0.5) is 4.39 Å². The number of imidazole rings is 1. The van der Waals surface area contributed by atoms with E-state index >= 15 is 0 Å². The van der Waals surface area contributed by atoms with E-state index in [1.54, 1.807) is 28.8 Å². The highest BCUT2D eigenvalue weighted by molar-refractivity contribution is 6.03. The van der Waals surface area contributed by atoms with Crippen LogP contribution in [-0.2, 0) is 16.1 Å². The Bertz CT molecular complexity index is 1050. The maximum atomic E-state index is 13.0. The molecule has 0 aliphatic heterocycles. The highest BCUT2D eigenvalue weighted by atomic mass is 19.1. The summed E-state index contributed by atoms with van der Waals surface area (Å²) in [5.74, 6) is 4.27. The van der Waals surface area contributed by atoms with Gasteiger partial charge in [0.2, 0.25) is 0 Å². The Labute approximate surface area is 154 Å². The van der Waals surface area contributed by atoms with E-state index in [4.69, 9.17) is 21.6 Å². The largest absolute Gasteiger partial charge is 0.385 e. The van der Waals surface area contributed by atoms with Crippen molar-refractivity contribution in [2.75, 3.05) is 0 Å². The second kappa shape index (κ2) is 7.68. The Kier molecular flexibility index (Phi) is 5.15. The number of ether oxygens (including phenoxy) is 1. The van der Waals surface area contributed by atoms with Gasteiger partial charge in [-0.3, -0.25) is 14.6 Å². The summed E-state index contributed by atoms with van der Waals surface area (Å²) in [5, 5.41) is 7.39. The Morgan fingerprint density at radius 1 is 1.22 bits per heavy atom. The van der Waals surface area contributed by atoms with E-state index < -0.39 is 17.8 Å². The number of nitrogens with one attached hydrogen (secondary N) is 1. The molecule has 136 valence electrons. The number of hydrogen-bond donors (Lipinski definition) is 3. The number of primary amides is 1. The third kappa shape index (κ3) is 4.11. The fraction of sp³-hybridized carbons (Fsp3) is 0.105. The van der Waals surface area contributed by atoms with Gasteiger partial charge in [-0.2, -0.15) is 0 Å². The predicted octanol–water partition coefficient (Wildman–Crippen LogP) is 1.18. The maximum absolute atomic E-state index is 13.0. The van der Waals surface area contributed by atoms with Crippen molar-refractivity contribution in [3.05, 3.63) is 71.4 Å². The van der Waals surface area contributed by atoms with E-state index in [1.165, 1.54) is 12.1 Å². The van der Waals surface area contributed by atoms with Crippen LogP contribution in [0.2, 0.25) is 0 Å². The summed E-state index contributed by atoms with van der Waals surface area (Å²) < 4.78 is 20.2. The lowest BCUT2D eigenvalue weighted by Gasteiger charge is -2.11. The van der Waals surface area contributed by atoms with E-state index in [0.29, 0.717) is 22.6 Å². The molecule has 1 aromatic carbocycles. The van der Waals surface area contributed by atoms with E-state index in [9.17, 15) is 9.18 Å². The molecule has 0 bridgehead atoms. The van der Waals surface area contributed by atoms with Crippen LogP contribution in [0, 0.1) is 23.1 Å². The van der Waals surface area contributed by atoms with Crippen molar-refractivity contribution >= 4 is 17.4 Å². The second-order valence-electron chi connectivity index (χ2n) is 5.64. The van der Waals surface area contributed by atoms with Crippen LogP contribution in [0.25, 0.3) is 5.65 Å². The molecular weight excluding hydrogens is 349 g/mol. The number of rotatable bonds is 5. The lowest BCUT2D eigenvalue weighted by molar-refractivity contribution is -0.126. The highest BCUT2D eigenvalue weighted by Crippen LogP contribution is 2.14. The zero-order valence-electron chi connectivity index (χ0n) is 14.1. The van der Waals surface area contributed by atoms with Crippen molar-refractivity contribution in [1.82, 2.24) is 9.38 Å². The van der Waals surface area contributed by atoms with Crippen LogP contribution in [0.15, 0.2) is 48.7 Å². The quantitative estimate of drug-likeness (QED) is 0.357. The van der Waals surface area contributed by atoms with Crippen molar-refractivity contribution in [2.45, 2.75) is 12.7 Å². The third-order valence-corrected chi connectivity index (χ3v) is 3.70. The van der Waals surface area contributed by atoms with Crippen molar-refractivity contribution < 1.29 is 13.9 Å². The summed E-state index contributed by atoms with van der Waals surface area (Å²) in [6.45, 7) is -0.109. The smallest absolute Gasteiger partial charge is 0.254 e. The number of pyridine rings is 1. The molecule has 0 saturated heterocycles. The first-order chi connectivity index (χ1) is 13.0. The minimum Gasteiger partial charge on any atom is -0.385 e. The molecule has 0 radical (unpaired) electrons. The number of carbonyl (C=O) groups excluding carboxylic acids is 1. The van der Waals surface area contributed by atoms with Gasteiger partial charge < -0.3 is 16.2 Å². The molecule has 0 fully saturated rings. The van der Waals surface area contributed by atoms with Crippen molar-refractivity contribution in [1.29, 1.82) is 5.41 Å². The number of amidine groups is 1. The van der Waals surface area contributed by atoms with Gasteiger partial charge in [-0.1, -0.05) is 12.0 Å². The molecule has 1 atom stereocenters. The standard InChI is InChI=1S/C19H16FN5O2/c20-13-7-4-12(5-8-13)6-9-15-14(11-27-17(18(21)22)19(23)26)24-16-3-1-2-10-25(15)16/h1-5,7-8,10,17H,11H2,(H3,21,22)(H2,23,26). The molecule has 27 heavy (non-hydrogen) atoms. The molecule has 0 aliphatic carbocycles. The topological polar surface area (TPSA) is 119 Å². The number of fused-ring (bicyclic) bond motifs is 1. The minimum atomic E-state index is -1.34. The molecular formula is C19H16FN5O2. The first-order valence-electron chi connectivity index (χ1n) is 7.94. The molecule has 3 aromatic rings. The molecule has 3 rings (SSSR count). The van der Waals surface area contributed by atoms with Gasteiger partial charge in [0, 0.05) is 11.8 Å². The average molecular weight is 365 g/mol. The Balaban J connectivity index is 1.96. The van der Waals surface area contributed by atoms with Gasteiger partial charge in [0.05, 0.1) is 6.61 Å². The number of halogens is 1. The number of nitrogens with two attached hydrogens (primary N) is 2. The molecule has 1 amide bonds. The predicted molar refractivity (Wildman–Crippen MR) is 97.3 cm³/mol.